The van der Waals surface area contributed by atoms with E-state index in [1.165, 1.54) is 0 Å². The summed E-state index contributed by atoms with van der Waals surface area (Å²) in [5.74, 6) is 0.786. The molecule has 174 valence electrons. The molecule has 3 atom stereocenters. The van der Waals surface area contributed by atoms with E-state index in [1.54, 1.807) is 7.11 Å². The third-order valence-corrected chi connectivity index (χ3v) is 4.40. The fraction of sp³-hybridized carbons (Fsp3) is 0.760. The second-order valence-electron chi connectivity index (χ2n) is 11.1. The molecule has 0 aromatic heterocycles. The fourth-order valence-corrected chi connectivity index (χ4v) is 2.87. The van der Waals surface area contributed by atoms with Crippen molar-refractivity contribution >= 4 is 0 Å². The number of methoxy groups -OCH3 is 1. The second kappa shape index (κ2) is 10.9. The molecule has 0 spiro atoms. The van der Waals surface area contributed by atoms with E-state index in [2.05, 4.69) is 20.8 Å². The minimum absolute atomic E-state index is 0.0377. The van der Waals surface area contributed by atoms with E-state index in [0.29, 0.717) is 0 Å². The first-order valence-electron chi connectivity index (χ1n) is 10.8. The average molecular weight is 425 g/mol. The van der Waals surface area contributed by atoms with E-state index in [9.17, 15) is 5.11 Å². The third kappa shape index (κ3) is 11.3. The lowest BCUT2D eigenvalue weighted by molar-refractivity contribution is -0.162. The van der Waals surface area contributed by atoms with Crippen LogP contribution in [0, 0.1) is 5.41 Å². The van der Waals surface area contributed by atoms with Gasteiger partial charge in [0.25, 0.3) is 0 Å². The fourth-order valence-electron chi connectivity index (χ4n) is 2.87. The summed E-state index contributed by atoms with van der Waals surface area (Å²) >= 11 is 0. The van der Waals surface area contributed by atoms with Crippen molar-refractivity contribution in [3.8, 4) is 5.75 Å². The molecule has 5 heteroatoms. The number of rotatable bonds is 10. The SMILES string of the molecule is COc1cccc([C@H](CC(C)(C)C)O[C@@H](COC(C)(C)C)[C@@H](O)COC(C)(C)C)c1. The highest BCUT2D eigenvalue weighted by Crippen LogP contribution is 2.35. The molecule has 0 aliphatic carbocycles. The van der Waals surface area contributed by atoms with Crippen LogP contribution in [0.2, 0.25) is 0 Å². The van der Waals surface area contributed by atoms with Crippen LogP contribution in [0.25, 0.3) is 0 Å². The summed E-state index contributed by atoms with van der Waals surface area (Å²) in [6.07, 6.45) is -0.748. The molecule has 0 radical (unpaired) electrons. The van der Waals surface area contributed by atoms with Crippen molar-refractivity contribution in [3.63, 3.8) is 0 Å². The maximum Gasteiger partial charge on any atom is 0.119 e. The van der Waals surface area contributed by atoms with E-state index < -0.39 is 12.2 Å². The molecule has 1 aromatic rings. The lowest BCUT2D eigenvalue weighted by Crippen LogP contribution is -2.41. The van der Waals surface area contributed by atoms with Gasteiger partial charge in [0.1, 0.15) is 18.0 Å². The Labute approximate surface area is 184 Å². The third-order valence-electron chi connectivity index (χ3n) is 4.40. The molecule has 30 heavy (non-hydrogen) atoms. The summed E-state index contributed by atoms with van der Waals surface area (Å²) in [5, 5.41) is 10.9. The monoisotopic (exact) mass is 424 g/mol. The van der Waals surface area contributed by atoms with Gasteiger partial charge in [0.05, 0.1) is 37.6 Å². The summed E-state index contributed by atoms with van der Waals surface area (Å²) in [6.45, 7) is 18.9. The zero-order valence-corrected chi connectivity index (χ0v) is 20.7. The van der Waals surface area contributed by atoms with Gasteiger partial charge in [0, 0.05) is 0 Å². The molecular formula is C25H44O5. The largest absolute Gasteiger partial charge is 0.497 e. The van der Waals surface area contributed by atoms with E-state index >= 15 is 0 Å². The Morgan fingerprint density at radius 1 is 0.867 bits per heavy atom. The molecule has 0 saturated carbocycles. The predicted octanol–water partition coefficient (Wildman–Crippen LogP) is 5.55. The van der Waals surface area contributed by atoms with Crippen LogP contribution >= 0.6 is 0 Å². The molecule has 0 heterocycles. The molecule has 0 aliphatic heterocycles. The Balaban J connectivity index is 3.11. The van der Waals surface area contributed by atoms with Crippen LogP contribution in [0.4, 0.5) is 0 Å². The summed E-state index contributed by atoms with van der Waals surface area (Å²) < 4.78 is 23.7. The molecule has 1 aromatic carbocycles. The molecule has 5 nitrogen and oxygen atoms in total. The van der Waals surface area contributed by atoms with Gasteiger partial charge >= 0.3 is 0 Å². The first-order chi connectivity index (χ1) is 13.6. The quantitative estimate of drug-likeness (QED) is 0.534. The van der Waals surface area contributed by atoms with Crippen molar-refractivity contribution in [2.45, 2.75) is 98.2 Å². The molecule has 1 N–H and O–H groups in total. The Bertz CT molecular complexity index is 622. The van der Waals surface area contributed by atoms with Crippen LogP contribution in [0.15, 0.2) is 24.3 Å². The average Bonchev–Trinajstić information content (AvgIpc) is 2.59. The van der Waals surface area contributed by atoms with Crippen LogP contribution in [-0.4, -0.2) is 48.8 Å². The van der Waals surface area contributed by atoms with Crippen molar-refractivity contribution in [2.24, 2.45) is 5.41 Å². The summed E-state index contributed by atoms with van der Waals surface area (Å²) in [4.78, 5) is 0. The van der Waals surface area contributed by atoms with Crippen molar-refractivity contribution in [1.82, 2.24) is 0 Å². The van der Waals surface area contributed by atoms with Gasteiger partial charge in [-0.2, -0.15) is 0 Å². The van der Waals surface area contributed by atoms with Gasteiger partial charge in [-0.05, 0) is 71.1 Å². The minimum atomic E-state index is -0.806. The van der Waals surface area contributed by atoms with Crippen molar-refractivity contribution in [2.75, 3.05) is 20.3 Å². The number of ether oxygens (including phenoxy) is 4. The molecule has 0 aliphatic rings. The molecule has 0 bridgehead atoms. The van der Waals surface area contributed by atoms with E-state index in [-0.39, 0.29) is 35.9 Å². The lowest BCUT2D eigenvalue weighted by atomic mass is 9.86. The van der Waals surface area contributed by atoms with E-state index in [0.717, 1.165) is 17.7 Å². The van der Waals surface area contributed by atoms with Gasteiger partial charge in [-0.25, -0.2) is 0 Å². The van der Waals surface area contributed by atoms with Gasteiger partial charge in [-0.3, -0.25) is 0 Å². The Hall–Kier alpha value is -1.14. The van der Waals surface area contributed by atoms with Crippen molar-refractivity contribution in [3.05, 3.63) is 29.8 Å². The van der Waals surface area contributed by atoms with Crippen LogP contribution in [0.5, 0.6) is 5.75 Å². The van der Waals surface area contributed by atoms with Crippen LogP contribution in [0.1, 0.15) is 80.4 Å². The number of hydrogen-bond acceptors (Lipinski definition) is 5. The lowest BCUT2D eigenvalue weighted by Gasteiger charge is -2.34. The van der Waals surface area contributed by atoms with Crippen LogP contribution < -0.4 is 4.74 Å². The van der Waals surface area contributed by atoms with Crippen molar-refractivity contribution < 1.29 is 24.1 Å². The highest BCUT2D eigenvalue weighted by Gasteiger charge is 2.30. The number of benzene rings is 1. The molecule has 0 unspecified atom stereocenters. The minimum Gasteiger partial charge on any atom is -0.497 e. The van der Waals surface area contributed by atoms with E-state index in [4.69, 9.17) is 18.9 Å². The summed E-state index contributed by atoms with van der Waals surface area (Å²) in [6, 6.07) is 7.92. The molecular weight excluding hydrogens is 380 g/mol. The highest BCUT2D eigenvalue weighted by molar-refractivity contribution is 5.30. The molecule has 0 fully saturated rings. The first kappa shape index (κ1) is 26.9. The van der Waals surface area contributed by atoms with Crippen molar-refractivity contribution in [1.29, 1.82) is 0 Å². The van der Waals surface area contributed by atoms with Gasteiger partial charge in [-0.15, -0.1) is 0 Å². The Kier molecular flexibility index (Phi) is 9.81. The van der Waals surface area contributed by atoms with Crippen LogP contribution in [-0.2, 0) is 14.2 Å². The van der Waals surface area contributed by atoms with Gasteiger partial charge in [0.15, 0.2) is 0 Å². The zero-order chi connectivity index (χ0) is 23.2. The smallest absolute Gasteiger partial charge is 0.119 e. The Morgan fingerprint density at radius 2 is 1.43 bits per heavy atom. The summed E-state index contributed by atoms with van der Waals surface area (Å²) in [5.41, 5.74) is 0.389. The zero-order valence-electron chi connectivity index (χ0n) is 20.7. The van der Waals surface area contributed by atoms with Crippen LogP contribution in [0.3, 0.4) is 0 Å². The number of aliphatic hydroxyl groups is 1. The highest BCUT2D eigenvalue weighted by atomic mass is 16.6. The summed E-state index contributed by atoms with van der Waals surface area (Å²) in [7, 11) is 1.66. The second-order valence-corrected chi connectivity index (χ2v) is 11.1. The molecule has 1 rings (SSSR count). The standard InChI is InChI=1S/C25H44O5/c1-23(2,3)15-21(18-12-11-13-19(14-18)27-10)30-22(17-29-25(7,8)9)20(26)16-28-24(4,5)6/h11-14,20-22,26H,15-17H2,1-10H3/t20-,21-,22-/m0/s1. The van der Waals surface area contributed by atoms with E-state index in [1.807, 2.05) is 65.8 Å². The maximum atomic E-state index is 10.9. The number of hydrogen-bond donors (Lipinski definition) is 1. The molecule has 0 saturated heterocycles. The topological polar surface area (TPSA) is 57.2 Å². The molecule has 0 amide bonds. The first-order valence-corrected chi connectivity index (χ1v) is 10.8. The Morgan fingerprint density at radius 3 is 1.93 bits per heavy atom. The van der Waals surface area contributed by atoms with Gasteiger partial charge in [0.2, 0.25) is 0 Å². The normalized spacial score (nSPS) is 16.2. The maximum absolute atomic E-state index is 10.9. The van der Waals surface area contributed by atoms with Gasteiger partial charge in [-0.1, -0.05) is 32.9 Å². The predicted molar refractivity (Wildman–Crippen MR) is 122 cm³/mol. The van der Waals surface area contributed by atoms with Gasteiger partial charge < -0.3 is 24.1 Å². The number of aliphatic hydroxyl groups excluding tert-OH is 1.